The summed E-state index contributed by atoms with van der Waals surface area (Å²) in [4.78, 5) is 22.9. The van der Waals surface area contributed by atoms with Crippen LogP contribution in [-0.4, -0.2) is 50.2 Å². The fourth-order valence-electron chi connectivity index (χ4n) is 3.53. The minimum absolute atomic E-state index is 0.242. The van der Waals surface area contributed by atoms with Crippen LogP contribution in [0.2, 0.25) is 0 Å². The summed E-state index contributed by atoms with van der Waals surface area (Å²) in [6.45, 7) is 2.72. The van der Waals surface area contributed by atoms with Gasteiger partial charge in [-0.2, -0.15) is 0 Å². The Kier molecular flexibility index (Phi) is 17.6. The predicted octanol–water partition coefficient (Wildman–Crippen LogP) is 4.78. The van der Waals surface area contributed by atoms with Crippen molar-refractivity contribution in [2.24, 2.45) is 0 Å². The van der Waals surface area contributed by atoms with Crippen LogP contribution in [0.5, 0.6) is 0 Å². The third kappa shape index (κ3) is 21.4. The quantitative estimate of drug-likeness (QED) is 0.122. The van der Waals surface area contributed by atoms with Crippen molar-refractivity contribution in [3.8, 4) is 0 Å². The lowest BCUT2D eigenvalue weighted by atomic mass is 10.1. The Morgan fingerprint density at radius 2 is 1.33 bits per heavy atom. The van der Waals surface area contributed by atoms with Gasteiger partial charge in [0.2, 0.25) is 0 Å². The zero-order valence-corrected chi connectivity index (χ0v) is 20.1. The van der Waals surface area contributed by atoms with E-state index in [1.165, 1.54) is 57.8 Å². The normalized spacial score (nSPS) is 12.9. The monoisotopic (exact) mass is 425 g/mol. The number of hydrogen-bond donors (Lipinski definition) is 0. The number of allylic oxidation sites excluding steroid dienone is 2. The number of quaternary nitrogens is 1. The molecular weight excluding hydrogens is 378 g/mol. The second kappa shape index (κ2) is 18.4. The summed E-state index contributed by atoms with van der Waals surface area (Å²) in [7, 11) is 5.83. The molecule has 0 saturated heterocycles. The van der Waals surface area contributed by atoms with E-state index in [0.29, 0.717) is 17.4 Å². The van der Waals surface area contributed by atoms with Gasteiger partial charge in [0.05, 0.1) is 21.1 Å². The van der Waals surface area contributed by atoms with E-state index in [9.17, 15) is 14.7 Å². The lowest BCUT2D eigenvalue weighted by Gasteiger charge is -2.29. The highest BCUT2D eigenvalue weighted by atomic mass is 16.5. The lowest BCUT2D eigenvalue weighted by Crippen LogP contribution is -2.45. The molecule has 5 nitrogen and oxygen atoms in total. The van der Waals surface area contributed by atoms with Gasteiger partial charge in [0.1, 0.15) is 6.54 Å². The Hall–Kier alpha value is -1.36. The van der Waals surface area contributed by atoms with Crippen LogP contribution in [0.15, 0.2) is 12.2 Å². The van der Waals surface area contributed by atoms with Gasteiger partial charge in [0.25, 0.3) is 0 Å². The highest BCUT2D eigenvalue weighted by molar-refractivity contribution is 5.70. The largest absolute Gasteiger partial charge is 0.550 e. The fraction of sp³-hybridized carbons (Fsp3) is 0.840. The van der Waals surface area contributed by atoms with Crippen molar-refractivity contribution in [1.29, 1.82) is 0 Å². The maximum Gasteiger partial charge on any atom is 0.306 e. The van der Waals surface area contributed by atoms with E-state index in [1.54, 1.807) is 0 Å². The van der Waals surface area contributed by atoms with Crippen molar-refractivity contribution < 1.29 is 23.9 Å². The second-order valence-electron chi connectivity index (χ2n) is 9.50. The Bertz CT molecular complexity index is 468. The van der Waals surface area contributed by atoms with Gasteiger partial charge in [0.15, 0.2) is 6.10 Å². The number of nitrogens with zero attached hydrogens (tertiary/aromatic N) is 1. The number of carbonyl (C=O) groups is 2. The third-order valence-corrected chi connectivity index (χ3v) is 5.09. The first-order chi connectivity index (χ1) is 14.2. The molecule has 0 unspecified atom stereocenters. The fourth-order valence-corrected chi connectivity index (χ4v) is 3.53. The highest BCUT2D eigenvalue weighted by Crippen LogP contribution is 2.12. The average Bonchev–Trinajstić information content (AvgIpc) is 2.63. The molecule has 0 radical (unpaired) electrons. The van der Waals surface area contributed by atoms with Crippen molar-refractivity contribution in [3.63, 3.8) is 0 Å². The zero-order chi connectivity index (χ0) is 22.7. The minimum atomic E-state index is -1.18. The van der Waals surface area contributed by atoms with Crippen molar-refractivity contribution >= 4 is 11.9 Å². The number of likely N-dealkylation sites (N-methyl/N-ethyl adjacent to an activating group) is 1. The van der Waals surface area contributed by atoms with Gasteiger partial charge in [-0.1, -0.05) is 70.4 Å². The van der Waals surface area contributed by atoms with E-state index in [-0.39, 0.29) is 12.4 Å². The Morgan fingerprint density at radius 3 is 1.83 bits per heavy atom. The predicted molar refractivity (Wildman–Crippen MR) is 122 cm³/mol. The minimum Gasteiger partial charge on any atom is -0.550 e. The first-order valence-corrected chi connectivity index (χ1v) is 12.1. The number of esters is 1. The molecule has 0 aliphatic rings. The van der Waals surface area contributed by atoms with Gasteiger partial charge in [-0.25, -0.2) is 0 Å². The van der Waals surface area contributed by atoms with Gasteiger partial charge in [-0.3, -0.25) is 4.79 Å². The van der Waals surface area contributed by atoms with E-state index in [2.05, 4.69) is 19.1 Å². The molecule has 0 aliphatic heterocycles. The summed E-state index contributed by atoms with van der Waals surface area (Å²) in [6.07, 6.45) is 19.9. The molecule has 0 fully saturated rings. The maximum absolute atomic E-state index is 12.0. The molecule has 0 saturated carbocycles. The third-order valence-electron chi connectivity index (χ3n) is 5.09. The summed E-state index contributed by atoms with van der Waals surface area (Å²) >= 11 is 0. The standard InChI is InChI=1S/C25H47NO4/c1-5-6-7-8-9-10-11-12-13-14-15-16-17-18-19-20-25(29)30-23(21-24(27)28)22-26(2,3)4/h12-13,23H,5-11,14-22H2,1-4H3/t23-/m1/s1. The van der Waals surface area contributed by atoms with Crippen LogP contribution in [0.1, 0.15) is 103 Å². The van der Waals surface area contributed by atoms with Crippen LogP contribution < -0.4 is 5.11 Å². The number of aliphatic carboxylic acids is 1. The smallest absolute Gasteiger partial charge is 0.306 e. The number of carboxylic acids is 1. The molecule has 0 aromatic rings. The van der Waals surface area contributed by atoms with E-state index in [1.807, 2.05) is 21.1 Å². The molecule has 0 bridgehead atoms. The van der Waals surface area contributed by atoms with E-state index in [0.717, 1.165) is 25.7 Å². The lowest BCUT2D eigenvalue weighted by molar-refractivity contribution is -0.873. The molecule has 5 heteroatoms. The van der Waals surface area contributed by atoms with Gasteiger partial charge in [-0.15, -0.1) is 0 Å². The van der Waals surface area contributed by atoms with E-state index >= 15 is 0 Å². The van der Waals surface area contributed by atoms with E-state index in [4.69, 9.17) is 4.74 Å². The van der Waals surface area contributed by atoms with E-state index < -0.39 is 12.1 Å². The Morgan fingerprint density at radius 1 is 0.833 bits per heavy atom. The van der Waals surface area contributed by atoms with Crippen molar-refractivity contribution in [2.75, 3.05) is 27.7 Å². The van der Waals surface area contributed by atoms with Crippen LogP contribution in [0.3, 0.4) is 0 Å². The highest BCUT2D eigenvalue weighted by Gasteiger charge is 2.22. The maximum atomic E-state index is 12.0. The summed E-state index contributed by atoms with van der Waals surface area (Å²) in [6, 6.07) is 0. The molecule has 0 aromatic heterocycles. The average molecular weight is 426 g/mol. The molecule has 0 rings (SSSR count). The molecule has 0 spiro atoms. The zero-order valence-electron chi connectivity index (χ0n) is 20.1. The second-order valence-corrected chi connectivity index (χ2v) is 9.50. The molecular formula is C25H47NO4. The summed E-state index contributed by atoms with van der Waals surface area (Å²) < 4.78 is 5.91. The summed E-state index contributed by atoms with van der Waals surface area (Å²) in [5, 5.41) is 10.9. The topological polar surface area (TPSA) is 66.4 Å². The van der Waals surface area contributed by atoms with Crippen molar-refractivity contribution in [1.82, 2.24) is 0 Å². The molecule has 0 N–H and O–H groups in total. The first-order valence-electron chi connectivity index (χ1n) is 12.1. The van der Waals surface area contributed by atoms with Gasteiger partial charge in [0, 0.05) is 18.8 Å². The van der Waals surface area contributed by atoms with Crippen LogP contribution in [-0.2, 0) is 14.3 Å². The Labute approximate surface area is 185 Å². The molecule has 176 valence electrons. The molecule has 30 heavy (non-hydrogen) atoms. The van der Waals surface area contributed by atoms with Crippen molar-refractivity contribution in [2.45, 2.75) is 109 Å². The molecule has 0 amide bonds. The SMILES string of the molecule is CCCCCCCCC=CCCCCCCCC(=O)O[C@H](CC(=O)[O-])C[N+](C)(C)C. The number of carbonyl (C=O) groups excluding carboxylic acids is 2. The molecule has 1 atom stereocenters. The van der Waals surface area contributed by atoms with Crippen LogP contribution in [0, 0.1) is 0 Å². The number of rotatable bonds is 20. The van der Waals surface area contributed by atoms with Crippen molar-refractivity contribution in [3.05, 3.63) is 12.2 Å². The van der Waals surface area contributed by atoms with Crippen LogP contribution in [0.4, 0.5) is 0 Å². The van der Waals surface area contributed by atoms with Gasteiger partial charge < -0.3 is 19.1 Å². The number of hydrogen-bond acceptors (Lipinski definition) is 4. The Balaban J connectivity index is 3.65. The van der Waals surface area contributed by atoms with Crippen LogP contribution >= 0.6 is 0 Å². The molecule has 0 aromatic carbocycles. The number of ether oxygens (including phenoxy) is 1. The van der Waals surface area contributed by atoms with Crippen LogP contribution in [0.25, 0.3) is 0 Å². The number of unbranched alkanes of at least 4 members (excludes halogenated alkanes) is 11. The van der Waals surface area contributed by atoms with Gasteiger partial charge in [-0.05, 0) is 32.1 Å². The first kappa shape index (κ1) is 28.6. The van der Waals surface area contributed by atoms with Gasteiger partial charge >= 0.3 is 5.97 Å². The summed E-state index contributed by atoms with van der Waals surface area (Å²) in [5.74, 6) is -1.48. The molecule has 0 heterocycles. The molecule has 0 aliphatic carbocycles. The summed E-state index contributed by atoms with van der Waals surface area (Å²) in [5.41, 5.74) is 0. The number of carboxylic acid groups (broad SMARTS) is 1.